The van der Waals surface area contributed by atoms with Crippen LogP contribution in [0.15, 0.2) is 28.0 Å². The van der Waals surface area contributed by atoms with Crippen molar-refractivity contribution in [2.75, 3.05) is 49.1 Å². The Bertz CT molecular complexity index is 1300. The van der Waals surface area contributed by atoms with Crippen molar-refractivity contribution in [3.8, 4) is 0 Å². The first-order valence-electron chi connectivity index (χ1n) is 11.2. The zero-order valence-corrected chi connectivity index (χ0v) is 18.8. The minimum absolute atomic E-state index is 0.00863. The number of nitrogens with zero attached hydrogens (tertiary/aromatic N) is 9. The van der Waals surface area contributed by atoms with Gasteiger partial charge in [0.2, 0.25) is 17.8 Å². The zero-order chi connectivity index (χ0) is 23.1. The maximum Gasteiger partial charge on any atom is 0.332 e. The first-order chi connectivity index (χ1) is 16.0. The molecule has 0 saturated carbocycles. The molecule has 0 aromatic carbocycles. The highest BCUT2D eigenvalue weighted by molar-refractivity contribution is 5.95. The summed E-state index contributed by atoms with van der Waals surface area (Å²) in [6.07, 6.45) is 4.60. The third-order valence-electron chi connectivity index (χ3n) is 6.48. The van der Waals surface area contributed by atoms with E-state index in [0.717, 1.165) is 49.7 Å². The van der Waals surface area contributed by atoms with Crippen molar-refractivity contribution < 1.29 is 4.79 Å². The largest absolute Gasteiger partial charge is 0.338 e. The number of amides is 1. The number of aryl methyl sites for hydroxylation is 2. The molecular weight excluding hydrogens is 426 g/mol. The van der Waals surface area contributed by atoms with Crippen molar-refractivity contribution in [1.82, 2.24) is 33.6 Å². The van der Waals surface area contributed by atoms with Crippen molar-refractivity contribution in [1.29, 1.82) is 0 Å². The molecule has 5 rings (SSSR count). The van der Waals surface area contributed by atoms with Gasteiger partial charge in [0, 0.05) is 72.2 Å². The summed E-state index contributed by atoms with van der Waals surface area (Å²) in [4.78, 5) is 57.1. The van der Waals surface area contributed by atoms with Crippen molar-refractivity contribution >= 4 is 29.0 Å². The Morgan fingerprint density at radius 3 is 2.36 bits per heavy atom. The monoisotopic (exact) mass is 453 g/mol. The standard InChI is InChI=1S/C21H27N9O3/c1-25-17-16(18(32)26(2)21(25)33)30-10-5-15(31)29(20(30)24-17)9-4-8-27-11-13-28(14-12-27)19-22-6-3-7-23-19/h3,6-7H,4-5,8-14H2,1-2H3. The lowest BCUT2D eigenvalue weighted by atomic mass is 10.2. The topological polar surface area (TPSA) is 114 Å². The van der Waals surface area contributed by atoms with Gasteiger partial charge in [-0.25, -0.2) is 14.8 Å². The Kier molecular flexibility index (Phi) is 5.44. The van der Waals surface area contributed by atoms with Crippen LogP contribution in [-0.4, -0.2) is 78.7 Å². The van der Waals surface area contributed by atoms with Crippen LogP contribution in [0, 0.1) is 0 Å². The quantitative estimate of drug-likeness (QED) is 0.492. The number of fused-ring (bicyclic) bond motifs is 3. The average Bonchev–Trinajstić information content (AvgIpc) is 3.24. The fraction of sp³-hybridized carbons (Fsp3) is 0.524. The Hall–Kier alpha value is -3.54. The molecule has 3 aromatic rings. The lowest BCUT2D eigenvalue weighted by Crippen LogP contribution is -2.48. The number of carbonyl (C=O) groups is 1. The van der Waals surface area contributed by atoms with Gasteiger partial charge in [-0.1, -0.05) is 0 Å². The zero-order valence-electron chi connectivity index (χ0n) is 18.8. The smallest absolute Gasteiger partial charge is 0.332 e. The molecule has 174 valence electrons. The number of hydrogen-bond acceptors (Lipinski definition) is 8. The highest BCUT2D eigenvalue weighted by Gasteiger charge is 2.30. The molecule has 1 fully saturated rings. The molecule has 3 aromatic heterocycles. The number of hydrogen-bond donors (Lipinski definition) is 0. The summed E-state index contributed by atoms with van der Waals surface area (Å²) in [6, 6.07) is 1.81. The minimum atomic E-state index is -0.430. The summed E-state index contributed by atoms with van der Waals surface area (Å²) in [5.74, 6) is 1.20. The number of anilines is 2. The van der Waals surface area contributed by atoms with Crippen LogP contribution in [0.2, 0.25) is 0 Å². The van der Waals surface area contributed by atoms with E-state index in [0.29, 0.717) is 36.6 Å². The van der Waals surface area contributed by atoms with Gasteiger partial charge in [0.15, 0.2) is 11.2 Å². The summed E-state index contributed by atoms with van der Waals surface area (Å²) in [6.45, 7) is 5.29. The molecule has 0 spiro atoms. The molecule has 2 aliphatic rings. The highest BCUT2D eigenvalue weighted by Crippen LogP contribution is 2.25. The summed E-state index contributed by atoms with van der Waals surface area (Å²) in [5.41, 5.74) is -0.134. The van der Waals surface area contributed by atoms with Gasteiger partial charge in [-0.3, -0.25) is 28.5 Å². The molecule has 12 nitrogen and oxygen atoms in total. The van der Waals surface area contributed by atoms with Gasteiger partial charge in [0.05, 0.1) is 0 Å². The Morgan fingerprint density at radius 1 is 0.909 bits per heavy atom. The van der Waals surface area contributed by atoms with E-state index in [2.05, 4.69) is 24.8 Å². The van der Waals surface area contributed by atoms with E-state index in [4.69, 9.17) is 0 Å². The van der Waals surface area contributed by atoms with Crippen LogP contribution in [0.5, 0.6) is 0 Å². The number of imidazole rings is 1. The molecule has 0 unspecified atom stereocenters. The predicted octanol–water partition coefficient (Wildman–Crippen LogP) is -0.827. The van der Waals surface area contributed by atoms with Crippen LogP contribution in [0.25, 0.3) is 11.2 Å². The second kappa shape index (κ2) is 8.43. The summed E-state index contributed by atoms with van der Waals surface area (Å²) < 4.78 is 4.22. The van der Waals surface area contributed by atoms with Crippen LogP contribution in [0.3, 0.4) is 0 Å². The summed E-state index contributed by atoms with van der Waals surface area (Å²) in [7, 11) is 3.05. The number of carbonyl (C=O) groups excluding carboxylic acids is 1. The molecule has 0 atom stereocenters. The molecule has 5 heterocycles. The SMILES string of the molecule is Cn1c(=O)c2c(nc3n2CCC(=O)N3CCCN2CCN(c3ncccn3)CC2)n(C)c1=O. The van der Waals surface area contributed by atoms with Crippen molar-refractivity contribution in [3.05, 3.63) is 39.3 Å². The van der Waals surface area contributed by atoms with Crippen molar-refractivity contribution in [3.63, 3.8) is 0 Å². The third-order valence-corrected chi connectivity index (χ3v) is 6.48. The maximum atomic E-state index is 12.7. The average molecular weight is 454 g/mol. The second-order valence-electron chi connectivity index (χ2n) is 8.47. The van der Waals surface area contributed by atoms with Gasteiger partial charge < -0.3 is 9.47 Å². The number of aromatic nitrogens is 6. The van der Waals surface area contributed by atoms with Gasteiger partial charge in [0.25, 0.3) is 5.56 Å². The molecule has 0 bridgehead atoms. The van der Waals surface area contributed by atoms with E-state index >= 15 is 0 Å². The van der Waals surface area contributed by atoms with Crippen LogP contribution in [0.1, 0.15) is 12.8 Å². The Balaban J connectivity index is 1.27. The Morgan fingerprint density at radius 2 is 1.64 bits per heavy atom. The van der Waals surface area contributed by atoms with Crippen molar-refractivity contribution in [2.24, 2.45) is 14.1 Å². The molecule has 2 aliphatic heterocycles. The van der Waals surface area contributed by atoms with E-state index in [9.17, 15) is 14.4 Å². The molecule has 1 amide bonds. The lowest BCUT2D eigenvalue weighted by molar-refractivity contribution is -0.119. The van der Waals surface area contributed by atoms with Gasteiger partial charge in [0.1, 0.15) is 0 Å². The van der Waals surface area contributed by atoms with Crippen LogP contribution in [0.4, 0.5) is 11.9 Å². The van der Waals surface area contributed by atoms with Crippen molar-refractivity contribution in [2.45, 2.75) is 19.4 Å². The molecule has 0 radical (unpaired) electrons. The maximum absolute atomic E-state index is 12.7. The fourth-order valence-corrected chi connectivity index (χ4v) is 4.61. The lowest BCUT2D eigenvalue weighted by Gasteiger charge is -2.35. The normalized spacial score (nSPS) is 17.1. The molecule has 1 saturated heterocycles. The predicted molar refractivity (Wildman–Crippen MR) is 122 cm³/mol. The van der Waals surface area contributed by atoms with Gasteiger partial charge in [-0.2, -0.15) is 4.98 Å². The van der Waals surface area contributed by atoms with Gasteiger partial charge in [-0.15, -0.1) is 0 Å². The molecule has 0 aliphatic carbocycles. The van der Waals surface area contributed by atoms with Gasteiger partial charge >= 0.3 is 5.69 Å². The second-order valence-corrected chi connectivity index (χ2v) is 8.47. The molecule has 33 heavy (non-hydrogen) atoms. The third kappa shape index (κ3) is 3.69. The molecule has 0 N–H and O–H groups in total. The summed E-state index contributed by atoms with van der Waals surface area (Å²) in [5, 5.41) is 0. The van der Waals surface area contributed by atoms with Gasteiger partial charge in [-0.05, 0) is 19.0 Å². The summed E-state index contributed by atoms with van der Waals surface area (Å²) >= 11 is 0. The number of piperazine rings is 1. The van der Waals surface area contributed by atoms with E-state index in [1.165, 1.54) is 11.6 Å². The minimum Gasteiger partial charge on any atom is -0.338 e. The first-order valence-corrected chi connectivity index (χ1v) is 11.2. The first kappa shape index (κ1) is 21.3. The number of rotatable bonds is 5. The van der Waals surface area contributed by atoms with E-state index in [1.807, 2.05) is 6.07 Å². The van der Waals surface area contributed by atoms with E-state index in [1.54, 1.807) is 28.9 Å². The van der Waals surface area contributed by atoms with Crippen LogP contribution < -0.4 is 21.0 Å². The highest BCUT2D eigenvalue weighted by atomic mass is 16.2. The molecule has 12 heteroatoms. The van der Waals surface area contributed by atoms with E-state index in [-0.39, 0.29) is 11.5 Å². The fourth-order valence-electron chi connectivity index (χ4n) is 4.61. The van der Waals surface area contributed by atoms with E-state index < -0.39 is 5.69 Å². The van der Waals surface area contributed by atoms with Crippen LogP contribution >= 0.6 is 0 Å². The molecular formula is C21H27N9O3. The van der Waals surface area contributed by atoms with Crippen LogP contribution in [-0.2, 0) is 25.4 Å². The Labute approximate surface area is 189 Å².